The summed E-state index contributed by atoms with van der Waals surface area (Å²) in [5.74, 6) is 0. The number of rotatable bonds is 5. The largest absolute Gasteiger partial charge is 1.00 e. The molecule has 0 aliphatic heterocycles. The molecule has 2 N–H and O–H groups in total. The van der Waals surface area contributed by atoms with Gasteiger partial charge in [0.1, 0.15) is 10.0 Å². The second-order valence-corrected chi connectivity index (χ2v) is 6.79. The first-order valence-electron chi connectivity index (χ1n) is 6.88. The van der Waals surface area contributed by atoms with Gasteiger partial charge in [0.05, 0.1) is 4.92 Å². The summed E-state index contributed by atoms with van der Waals surface area (Å²) in [6.45, 7) is 2.44. The molecule has 2 rings (SSSR count). The molecule has 0 radical (unpaired) electrons. The zero-order valence-electron chi connectivity index (χ0n) is 13.9. The molecule has 2 aromatic carbocycles. The van der Waals surface area contributed by atoms with Gasteiger partial charge in [0.2, 0.25) is 0 Å². The number of nitrogens with zero attached hydrogens (tertiary/aromatic N) is 2. The van der Waals surface area contributed by atoms with Gasteiger partial charge >= 0.3 is 29.6 Å². The summed E-state index contributed by atoms with van der Waals surface area (Å²) in [5, 5.41) is 10.3. The van der Waals surface area contributed by atoms with E-state index in [1.165, 1.54) is 24.3 Å². The minimum Gasteiger partial charge on any atom is -0.458 e. The van der Waals surface area contributed by atoms with E-state index in [2.05, 4.69) is 4.24 Å². The van der Waals surface area contributed by atoms with Crippen LogP contribution in [0.4, 0.5) is 5.69 Å². The molecule has 10 heteroatoms. The Hall–Kier alpha value is -1.00. The molecule has 0 saturated carbocycles. The Morgan fingerprint density at radius 3 is 2.04 bits per heavy atom. The Morgan fingerprint density at radius 1 is 1.12 bits per heavy atom. The average Bonchev–Trinajstić information content (AvgIpc) is 2.57. The first-order chi connectivity index (χ1) is 11.3. The van der Waals surface area contributed by atoms with Crippen molar-refractivity contribution in [1.29, 1.82) is 0 Å². The molecule has 0 bridgehead atoms. The molecule has 0 amide bonds. The van der Waals surface area contributed by atoms with Crippen LogP contribution in [-0.2, 0) is 16.4 Å². The number of nitro benzene ring substituents is 1. The SMILES string of the molecule is Cc1ccc(S(=O)(=O)[N-]Cl)cc1.NCCc1ccc([N+](=O)[O-])cc1.[Na+]. The van der Waals surface area contributed by atoms with Crippen molar-refractivity contribution < 1.29 is 42.9 Å². The number of halogens is 1. The van der Waals surface area contributed by atoms with Crippen LogP contribution in [0.2, 0.25) is 0 Å². The van der Waals surface area contributed by atoms with E-state index in [-0.39, 0.29) is 40.1 Å². The van der Waals surface area contributed by atoms with E-state index in [4.69, 9.17) is 17.5 Å². The molecule has 7 nitrogen and oxygen atoms in total. The van der Waals surface area contributed by atoms with Crippen molar-refractivity contribution in [3.8, 4) is 0 Å². The van der Waals surface area contributed by atoms with E-state index in [9.17, 15) is 18.5 Å². The number of aryl methyl sites for hydroxylation is 1. The van der Waals surface area contributed by atoms with Crippen molar-refractivity contribution in [3.05, 3.63) is 74.0 Å². The molecular formula is C15H17ClN3NaO4S. The van der Waals surface area contributed by atoms with Crippen LogP contribution >= 0.6 is 11.8 Å². The van der Waals surface area contributed by atoms with Gasteiger partial charge in [-0.2, -0.15) is 0 Å². The van der Waals surface area contributed by atoms with Gasteiger partial charge in [-0.1, -0.05) is 29.8 Å². The number of benzene rings is 2. The maximum atomic E-state index is 11.0. The first kappa shape index (κ1) is 24.0. The van der Waals surface area contributed by atoms with Crippen LogP contribution in [0.3, 0.4) is 0 Å². The van der Waals surface area contributed by atoms with Crippen molar-refractivity contribution in [1.82, 2.24) is 0 Å². The van der Waals surface area contributed by atoms with Crippen molar-refractivity contribution in [3.63, 3.8) is 0 Å². The summed E-state index contributed by atoms with van der Waals surface area (Å²) in [6, 6.07) is 12.8. The zero-order valence-corrected chi connectivity index (χ0v) is 17.5. The Bertz CT molecular complexity index is 768. The fourth-order valence-electron chi connectivity index (χ4n) is 1.70. The third-order valence-electron chi connectivity index (χ3n) is 2.99. The predicted molar refractivity (Wildman–Crippen MR) is 93.4 cm³/mol. The average molecular weight is 394 g/mol. The number of nitrogens with two attached hydrogens (primary N) is 1. The fraction of sp³-hybridized carbons (Fsp3) is 0.200. The van der Waals surface area contributed by atoms with Gasteiger partial charge in [0, 0.05) is 17.0 Å². The molecule has 0 fully saturated rings. The zero-order chi connectivity index (χ0) is 18.2. The molecule has 0 atom stereocenters. The quantitative estimate of drug-likeness (QED) is 0.445. The summed E-state index contributed by atoms with van der Waals surface area (Å²) >= 11 is 4.90. The maximum absolute atomic E-state index is 11.0. The van der Waals surface area contributed by atoms with Crippen molar-refractivity contribution in [2.24, 2.45) is 5.73 Å². The van der Waals surface area contributed by atoms with Crippen LogP contribution in [0.1, 0.15) is 11.1 Å². The monoisotopic (exact) mass is 393 g/mol. The van der Waals surface area contributed by atoms with E-state index in [1.807, 2.05) is 6.92 Å². The van der Waals surface area contributed by atoms with Gasteiger partial charge < -0.3 is 9.97 Å². The molecule has 0 heterocycles. The summed E-state index contributed by atoms with van der Waals surface area (Å²) < 4.78 is 24.8. The predicted octanol–water partition coefficient (Wildman–Crippen LogP) is 0.311. The van der Waals surface area contributed by atoms with Crippen molar-refractivity contribution in [2.45, 2.75) is 18.2 Å². The van der Waals surface area contributed by atoms with Crippen LogP contribution < -0.4 is 35.3 Å². The molecule has 0 aliphatic carbocycles. The number of hydrogen-bond donors (Lipinski definition) is 1. The summed E-state index contributed by atoms with van der Waals surface area (Å²) in [4.78, 5) is 9.95. The number of nitro groups is 1. The first-order valence-corrected chi connectivity index (χ1v) is 8.66. The van der Waals surface area contributed by atoms with Crippen LogP contribution in [0, 0.1) is 17.0 Å². The molecular weight excluding hydrogens is 377 g/mol. The third kappa shape index (κ3) is 8.28. The maximum Gasteiger partial charge on any atom is 1.00 e. The van der Waals surface area contributed by atoms with Crippen LogP contribution in [0.25, 0.3) is 4.24 Å². The number of hydrogen-bond acceptors (Lipinski definition) is 5. The van der Waals surface area contributed by atoms with E-state index < -0.39 is 14.9 Å². The minimum atomic E-state index is -3.62. The fourth-order valence-corrected chi connectivity index (χ4v) is 2.50. The van der Waals surface area contributed by atoms with Gasteiger partial charge in [0.15, 0.2) is 0 Å². The second kappa shape index (κ2) is 11.6. The Kier molecular flexibility index (Phi) is 11.1. The van der Waals surface area contributed by atoms with Crippen LogP contribution in [0.5, 0.6) is 0 Å². The summed E-state index contributed by atoms with van der Waals surface area (Å²) in [7, 11) is -3.62. The van der Waals surface area contributed by atoms with E-state index in [0.717, 1.165) is 17.5 Å². The normalized spacial score (nSPS) is 10.2. The van der Waals surface area contributed by atoms with Gasteiger partial charge in [-0.05, 0) is 37.6 Å². The Morgan fingerprint density at radius 2 is 1.64 bits per heavy atom. The van der Waals surface area contributed by atoms with E-state index in [0.29, 0.717) is 6.54 Å². The van der Waals surface area contributed by atoms with Crippen molar-refractivity contribution in [2.75, 3.05) is 6.54 Å². The molecule has 130 valence electrons. The minimum absolute atomic E-state index is 0. The smallest absolute Gasteiger partial charge is 0.458 e. The molecule has 25 heavy (non-hydrogen) atoms. The van der Waals surface area contributed by atoms with Crippen LogP contribution in [-0.4, -0.2) is 19.9 Å². The van der Waals surface area contributed by atoms with Gasteiger partial charge in [-0.3, -0.25) is 21.9 Å². The third-order valence-corrected chi connectivity index (χ3v) is 4.58. The Labute approximate surface area is 174 Å². The van der Waals surface area contributed by atoms with Gasteiger partial charge in [0.25, 0.3) is 5.69 Å². The van der Waals surface area contributed by atoms with Gasteiger partial charge in [-0.25, -0.2) is 8.42 Å². The molecule has 0 spiro atoms. The topological polar surface area (TPSA) is 117 Å². The van der Waals surface area contributed by atoms with Crippen molar-refractivity contribution >= 4 is 27.5 Å². The van der Waals surface area contributed by atoms with Gasteiger partial charge in [-0.15, -0.1) is 0 Å². The standard InChI is InChI=1S/C8H10N2O2.C7H7ClNO2S.Na/c9-6-5-7-1-3-8(4-2-7)10(11)12;1-6-2-4-7(5-3-6)12(10,11)9-8;/h1-4H,5-6,9H2;2-5H,1H3;/q;-1;+1. The van der Waals surface area contributed by atoms with Crippen LogP contribution in [0.15, 0.2) is 53.4 Å². The molecule has 2 aromatic rings. The summed E-state index contributed by atoms with van der Waals surface area (Å²) in [5.41, 5.74) is 7.47. The summed E-state index contributed by atoms with van der Waals surface area (Å²) in [6.07, 6.45) is 0.762. The molecule has 0 unspecified atom stereocenters. The second-order valence-electron chi connectivity index (χ2n) is 4.82. The molecule has 0 saturated heterocycles. The van der Waals surface area contributed by atoms with E-state index in [1.54, 1.807) is 24.3 Å². The Balaban J connectivity index is 0.000000443. The molecule has 0 aromatic heterocycles. The van der Waals surface area contributed by atoms with E-state index >= 15 is 0 Å². The number of sulfonamides is 1. The number of non-ortho nitro benzene ring substituents is 1. The molecule has 0 aliphatic rings.